The van der Waals surface area contributed by atoms with Crippen molar-refractivity contribution in [2.45, 2.75) is 13.1 Å². The van der Waals surface area contributed by atoms with Crippen molar-refractivity contribution in [2.75, 3.05) is 0 Å². The molecule has 0 N–H and O–H groups in total. The van der Waals surface area contributed by atoms with Gasteiger partial charge in [-0.3, -0.25) is 0 Å². The fraction of sp³-hybridized carbons (Fsp3) is 0.0323. The summed E-state index contributed by atoms with van der Waals surface area (Å²) in [5, 5.41) is 11.9. The number of aryl methyl sites for hydroxylation is 1. The van der Waals surface area contributed by atoms with Crippen LogP contribution in [0.2, 0.25) is 0 Å². The summed E-state index contributed by atoms with van der Waals surface area (Å²) in [5.41, 5.74) is 12.9. The van der Waals surface area contributed by atoms with E-state index in [1.807, 2.05) is 159 Å². The van der Waals surface area contributed by atoms with E-state index in [4.69, 9.17) is 16.5 Å². The maximum Gasteiger partial charge on any atom is 0.416 e. The van der Waals surface area contributed by atoms with E-state index >= 15 is 0 Å². The largest absolute Gasteiger partial charge is 0.416 e. The molecule has 0 bridgehead atoms. The van der Waals surface area contributed by atoms with Crippen LogP contribution in [0.25, 0.3) is 111 Å². The Hall–Kier alpha value is -9.37. The van der Waals surface area contributed by atoms with E-state index in [-0.39, 0.29) is 0 Å². The van der Waals surface area contributed by atoms with Gasteiger partial charge in [-0.25, -0.2) is 14.8 Å². The van der Waals surface area contributed by atoms with Crippen LogP contribution < -0.4 is 0 Å². The molecule has 0 fully saturated rings. The van der Waals surface area contributed by atoms with Gasteiger partial charge in [-0.1, -0.05) is 157 Å². The lowest BCUT2D eigenvalue weighted by Crippen LogP contribution is -2.06. The number of halogens is 3. The molecule has 0 amide bonds. The Balaban J connectivity index is 1.28. The summed E-state index contributed by atoms with van der Waals surface area (Å²) in [4.78, 5) is 14.1. The van der Waals surface area contributed by atoms with Crippen molar-refractivity contribution in [2.24, 2.45) is 0 Å². The number of aromatic nitrogens is 3. The van der Waals surface area contributed by atoms with E-state index in [0.717, 1.165) is 77.9 Å². The molecule has 0 aliphatic carbocycles. The molecule has 9 aromatic carbocycles. The quantitative estimate of drug-likeness (QED) is 0.143. The number of nitriles is 1. The normalized spacial score (nSPS) is 11.4. The van der Waals surface area contributed by atoms with Gasteiger partial charge < -0.3 is 4.57 Å². The molecule has 0 saturated heterocycles. The van der Waals surface area contributed by atoms with Crippen LogP contribution in [0.5, 0.6) is 0 Å². The summed E-state index contributed by atoms with van der Waals surface area (Å²) in [5.74, 6) is 0.505. The van der Waals surface area contributed by atoms with Gasteiger partial charge in [0.05, 0.1) is 51.9 Å². The minimum absolute atomic E-state index is 0.360. The molecule has 70 heavy (non-hydrogen) atoms. The van der Waals surface area contributed by atoms with Crippen molar-refractivity contribution in [3.8, 4) is 90.2 Å². The zero-order valence-electron chi connectivity index (χ0n) is 37.6. The molecule has 332 valence electrons. The van der Waals surface area contributed by atoms with Gasteiger partial charge in [-0.15, -0.1) is 0 Å². The van der Waals surface area contributed by atoms with E-state index in [0.29, 0.717) is 50.8 Å². The first-order chi connectivity index (χ1) is 34.1. The van der Waals surface area contributed by atoms with Crippen LogP contribution in [-0.2, 0) is 6.18 Å². The predicted octanol–water partition coefficient (Wildman–Crippen LogP) is 17.0. The van der Waals surface area contributed by atoms with E-state index in [2.05, 4.69) is 39.7 Å². The maximum atomic E-state index is 14.8. The number of para-hydroxylation sites is 1. The van der Waals surface area contributed by atoms with E-state index in [9.17, 15) is 18.4 Å². The second kappa shape index (κ2) is 17.7. The molecular formula is C62H38F3N5. The lowest BCUT2D eigenvalue weighted by Gasteiger charge is -2.22. The summed E-state index contributed by atoms with van der Waals surface area (Å²) in [7, 11) is 0. The Kier molecular flexibility index (Phi) is 10.9. The predicted molar refractivity (Wildman–Crippen MR) is 275 cm³/mol. The van der Waals surface area contributed by atoms with Gasteiger partial charge in [0.25, 0.3) is 0 Å². The third-order valence-corrected chi connectivity index (χ3v) is 12.7. The molecule has 11 rings (SSSR count). The first-order valence-corrected chi connectivity index (χ1v) is 22.6. The van der Waals surface area contributed by atoms with E-state index in [1.165, 1.54) is 12.1 Å². The van der Waals surface area contributed by atoms with Crippen LogP contribution in [0.15, 0.2) is 212 Å². The van der Waals surface area contributed by atoms with E-state index < -0.39 is 11.7 Å². The first-order valence-electron chi connectivity index (χ1n) is 22.6. The third kappa shape index (κ3) is 7.94. The third-order valence-electron chi connectivity index (χ3n) is 12.7. The molecule has 11 aromatic rings. The first kappa shape index (κ1) is 43.2. The number of rotatable bonds is 8. The Morgan fingerprint density at radius 1 is 0.486 bits per heavy atom. The fourth-order valence-corrected chi connectivity index (χ4v) is 9.45. The van der Waals surface area contributed by atoms with Crippen molar-refractivity contribution < 1.29 is 13.2 Å². The van der Waals surface area contributed by atoms with Crippen molar-refractivity contribution >= 4 is 27.5 Å². The molecule has 0 aliphatic heterocycles. The smallest absolute Gasteiger partial charge is 0.308 e. The maximum absolute atomic E-state index is 14.8. The van der Waals surface area contributed by atoms with E-state index in [1.54, 1.807) is 18.2 Å². The van der Waals surface area contributed by atoms with Gasteiger partial charge in [0, 0.05) is 38.6 Å². The van der Waals surface area contributed by atoms with Crippen LogP contribution in [-0.4, -0.2) is 14.5 Å². The Morgan fingerprint density at radius 2 is 1.01 bits per heavy atom. The number of nitrogens with zero attached hydrogens (tertiary/aromatic N) is 5. The van der Waals surface area contributed by atoms with Crippen LogP contribution >= 0.6 is 0 Å². The van der Waals surface area contributed by atoms with Gasteiger partial charge in [0.1, 0.15) is 0 Å². The minimum Gasteiger partial charge on any atom is -0.308 e. The summed E-state index contributed by atoms with van der Waals surface area (Å²) >= 11 is 0. The van der Waals surface area contributed by atoms with Crippen LogP contribution in [0, 0.1) is 24.8 Å². The van der Waals surface area contributed by atoms with Gasteiger partial charge in [-0.05, 0) is 101 Å². The second-order valence-corrected chi connectivity index (χ2v) is 17.1. The standard InChI is InChI=1S/C62H38F3N5/c1-39-15-13-21-42(31-39)51-35-47(57-37-56(40-16-5-3-6-17-40)68-61(69-57)41-18-7-4-8-19-41)36-52(43-22-14-23-48(32-43)62(63,64)65)60(51)70-58-29-27-44(49-24-10-9-20-46(49)38-66)33-53(58)54-34-45(28-30-59(54)70)50-25-11-12-26-55(50)67-2/h3-37H,1H3. The average Bonchev–Trinajstić information content (AvgIpc) is 3.73. The summed E-state index contributed by atoms with van der Waals surface area (Å²) in [6, 6.07) is 68.7. The van der Waals surface area contributed by atoms with Gasteiger partial charge in [-0.2, -0.15) is 18.4 Å². The molecule has 2 aromatic heterocycles. The monoisotopic (exact) mass is 909 g/mol. The molecule has 0 radical (unpaired) electrons. The fourth-order valence-electron chi connectivity index (χ4n) is 9.45. The lowest BCUT2D eigenvalue weighted by molar-refractivity contribution is -0.137. The number of alkyl halides is 3. The topological polar surface area (TPSA) is 58.9 Å². The molecule has 8 heteroatoms. The highest BCUT2D eigenvalue weighted by Gasteiger charge is 2.31. The van der Waals surface area contributed by atoms with Gasteiger partial charge >= 0.3 is 6.18 Å². The summed E-state index contributed by atoms with van der Waals surface area (Å²) in [6.07, 6.45) is -4.62. The Labute approximate surface area is 402 Å². The molecule has 0 spiro atoms. The minimum atomic E-state index is -4.62. The Morgan fingerprint density at radius 3 is 1.64 bits per heavy atom. The van der Waals surface area contributed by atoms with Crippen molar-refractivity contribution in [3.05, 3.63) is 240 Å². The Bertz CT molecular complexity index is 3740. The molecule has 5 nitrogen and oxygen atoms in total. The number of hydrogen-bond acceptors (Lipinski definition) is 3. The zero-order chi connectivity index (χ0) is 47.9. The van der Waals surface area contributed by atoms with Gasteiger partial charge in [0.2, 0.25) is 0 Å². The molecule has 0 aliphatic rings. The van der Waals surface area contributed by atoms with Crippen LogP contribution in [0.1, 0.15) is 16.7 Å². The highest BCUT2D eigenvalue weighted by molar-refractivity contribution is 6.13. The highest BCUT2D eigenvalue weighted by Crippen LogP contribution is 2.47. The van der Waals surface area contributed by atoms with Crippen molar-refractivity contribution in [1.29, 1.82) is 5.26 Å². The van der Waals surface area contributed by atoms with Crippen molar-refractivity contribution in [3.63, 3.8) is 0 Å². The van der Waals surface area contributed by atoms with Gasteiger partial charge in [0.15, 0.2) is 11.5 Å². The van der Waals surface area contributed by atoms with Crippen molar-refractivity contribution in [1.82, 2.24) is 14.5 Å². The molecule has 0 unspecified atom stereocenters. The SMILES string of the molecule is [C-]#[N+]c1ccccc1-c1ccc2c(c1)c1cc(-c3ccccc3C#N)ccc1n2-c1c(-c2cccc(C)c2)cc(-c2cc(-c3ccccc3)nc(-c3ccccc3)n2)cc1-c1cccc(C(F)(F)F)c1. The molecule has 0 saturated carbocycles. The summed E-state index contributed by atoms with van der Waals surface area (Å²) < 4.78 is 46.6. The summed E-state index contributed by atoms with van der Waals surface area (Å²) in [6.45, 7) is 10.0. The average molecular weight is 910 g/mol. The zero-order valence-corrected chi connectivity index (χ0v) is 37.6. The molecule has 2 heterocycles. The highest BCUT2D eigenvalue weighted by atomic mass is 19.4. The molecule has 0 atom stereocenters. The number of hydrogen-bond donors (Lipinski definition) is 0. The van der Waals surface area contributed by atoms with Crippen LogP contribution in [0.3, 0.4) is 0 Å². The molecular weight excluding hydrogens is 872 g/mol. The lowest BCUT2D eigenvalue weighted by atomic mass is 9.90. The second-order valence-electron chi connectivity index (χ2n) is 17.1. The number of benzene rings is 9. The number of fused-ring (bicyclic) bond motifs is 3. The van der Waals surface area contributed by atoms with Crippen LogP contribution in [0.4, 0.5) is 18.9 Å².